The van der Waals surface area contributed by atoms with Gasteiger partial charge in [0.25, 0.3) is 0 Å². The number of anilines is 3. The first-order chi connectivity index (χ1) is 9.04. The number of halogens is 1. The Morgan fingerprint density at radius 3 is 2.58 bits per heavy atom. The lowest BCUT2D eigenvalue weighted by Gasteiger charge is -2.02. The van der Waals surface area contributed by atoms with Crippen LogP contribution in [0.4, 0.5) is 17.6 Å². The van der Waals surface area contributed by atoms with Crippen LogP contribution in [0.15, 0.2) is 33.8 Å². The maximum absolute atomic E-state index is 9.61. The minimum atomic E-state index is 0.113. The summed E-state index contributed by atoms with van der Waals surface area (Å²) in [5, 5.41) is 13.5. The smallest absolute Gasteiger partial charge is 0.247 e. The van der Waals surface area contributed by atoms with Gasteiger partial charge in [0, 0.05) is 16.1 Å². The van der Waals surface area contributed by atoms with E-state index < -0.39 is 0 Å². The Morgan fingerprint density at radius 1 is 1.21 bits per heavy atom. The summed E-state index contributed by atoms with van der Waals surface area (Å²) in [4.78, 5) is 7.79. The van der Waals surface area contributed by atoms with Crippen LogP contribution >= 0.6 is 15.9 Å². The average molecular weight is 323 g/mol. The summed E-state index contributed by atoms with van der Waals surface area (Å²) in [5.41, 5.74) is 14.2. The highest BCUT2D eigenvalue weighted by Crippen LogP contribution is 2.20. The van der Waals surface area contributed by atoms with Gasteiger partial charge in [-0.2, -0.15) is 15.1 Å². The zero-order valence-corrected chi connectivity index (χ0v) is 11.3. The predicted molar refractivity (Wildman–Crippen MR) is 77.9 cm³/mol. The molecule has 7 nitrogen and oxygen atoms in total. The number of nitrogens with two attached hydrogens (primary N) is 2. The van der Waals surface area contributed by atoms with Gasteiger partial charge in [0.2, 0.25) is 5.95 Å². The SMILES string of the molecule is Nc1cc(N)nc(NN=Cc2cc(Br)ccc2O)n1. The zero-order valence-electron chi connectivity index (χ0n) is 9.71. The minimum absolute atomic E-state index is 0.113. The number of hydrogen-bond acceptors (Lipinski definition) is 7. The first-order valence-electron chi connectivity index (χ1n) is 5.22. The number of nitrogens with one attached hydrogen (secondary N) is 1. The lowest BCUT2D eigenvalue weighted by molar-refractivity contribution is 0.474. The molecule has 0 spiro atoms. The largest absolute Gasteiger partial charge is 0.507 e. The maximum atomic E-state index is 9.61. The topological polar surface area (TPSA) is 122 Å². The summed E-state index contributed by atoms with van der Waals surface area (Å²) in [6.45, 7) is 0. The standard InChI is InChI=1S/C11H11BrN6O/c12-7-1-2-8(19)6(3-7)5-15-18-11-16-9(13)4-10(14)17-11/h1-5,19H,(H5,13,14,16,17,18). The number of phenolic OH excluding ortho intramolecular Hbond substituents is 1. The van der Waals surface area contributed by atoms with Crippen molar-refractivity contribution in [3.8, 4) is 5.75 Å². The fraction of sp³-hybridized carbons (Fsp3) is 0. The molecule has 0 saturated heterocycles. The lowest BCUT2D eigenvalue weighted by Crippen LogP contribution is -2.03. The van der Waals surface area contributed by atoms with Crippen molar-refractivity contribution in [3.63, 3.8) is 0 Å². The van der Waals surface area contributed by atoms with Gasteiger partial charge in [-0.1, -0.05) is 15.9 Å². The van der Waals surface area contributed by atoms with Gasteiger partial charge in [-0.05, 0) is 18.2 Å². The van der Waals surface area contributed by atoms with Crippen molar-refractivity contribution < 1.29 is 5.11 Å². The van der Waals surface area contributed by atoms with Crippen LogP contribution in [0.25, 0.3) is 0 Å². The number of hydrogen-bond donors (Lipinski definition) is 4. The summed E-state index contributed by atoms with van der Waals surface area (Å²) in [6.07, 6.45) is 1.43. The first kappa shape index (κ1) is 13.1. The van der Waals surface area contributed by atoms with E-state index in [0.29, 0.717) is 5.56 Å². The van der Waals surface area contributed by atoms with E-state index in [1.165, 1.54) is 12.3 Å². The fourth-order valence-corrected chi connectivity index (χ4v) is 1.70. The third-order valence-electron chi connectivity index (χ3n) is 2.12. The number of nitrogen functional groups attached to an aromatic ring is 2. The Labute approximate surface area is 117 Å². The molecule has 98 valence electrons. The molecule has 0 unspecified atom stereocenters. The monoisotopic (exact) mass is 322 g/mol. The van der Waals surface area contributed by atoms with Crippen molar-refractivity contribution in [1.29, 1.82) is 0 Å². The van der Waals surface area contributed by atoms with E-state index in [9.17, 15) is 5.11 Å². The predicted octanol–water partition coefficient (Wildman–Crippen LogP) is 1.56. The van der Waals surface area contributed by atoms with Gasteiger partial charge in [-0.25, -0.2) is 5.43 Å². The van der Waals surface area contributed by atoms with Gasteiger partial charge in [0.05, 0.1) is 6.21 Å². The lowest BCUT2D eigenvalue weighted by atomic mass is 10.2. The number of rotatable bonds is 3. The van der Waals surface area contributed by atoms with E-state index in [0.717, 1.165) is 4.47 Å². The van der Waals surface area contributed by atoms with Crippen molar-refractivity contribution in [1.82, 2.24) is 9.97 Å². The van der Waals surface area contributed by atoms with Gasteiger partial charge in [-0.15, -0.1) is 0 Å². The van der Waals surface area contributed by atoms with Gasteiger partial charge in [0.15, 0.2) is 0 Å². The summed E-state index contributed by atoms with van der Waals surface area (Å²) in [6, 6.07) is 6.44. The molecule has 0 bridgehead atoms. The molecule has 0 fully saturated rings. The van der Waals surface area contributed by atoms with Gasteiger partial charge in [-0.3, -0.25) is 0 Å². The molecule has 0 amide bonds. The Bertz CT molecular complexity index is 610. The molecule has 0 radical (unpaired) electrons. The van der Waals surface area contributed by atoms with Crippen molar-refractivity contribution >= 4 is 39.7 Å². The van der Waals surface area contributed by atoms with Crippen LogP contribution in [0.1, 0.15) is 5.56 Å². The Kier molecular flexibility index (Phi) is 3.81. The highest BCUT2D eigenvalue weighted by molar-refractivity contribution is 9.10. The van der Waals surface area contributed by atoms with Crippen LogP contribution < -0.4 is 16.9 Å². The number of nitrogens with zero attached hydrogens (tertiary/aromatic N) is 3. The summed E-state index contributed by atoms with van der Waals surface area (Å²) in [7, 11) is 0. The average Bonchev–Trinajstić information content (AvgIpc) is 2.32. The second-order valence-electron chi connectivity index (χ2n) is 3.61. The van der Waals surface area contributed by atoms with Gasteiger partial charge < -0.3 is 16.6 Å². The van der Waals surface area contributed by atoms with E-state index >= 15 is 0 Å². The van der Waals surface area contributed by atoms with Crippen LogP contribution in [0.3, 0.4) is 0 Å². The van der Waals surface area contributed by atoms with E-state index in [1.54, 1.807) is 18.2 Å². The van der Waals surface area contributed by atoms with Crippen LogP contribution in [0.2, 0.25) is 0 Å². The molecule has 8 heteroatoms. The molecule has 0 aliphatic rings. The molecule has 1 aromatic carbocycles. The molecule has 0 atom stereocenters. The summed E-state index contributed by atoms with van der Waals surface area (Å²) >= 11 is 3.30. The van der Waals surface area contributed by atoms with Crippen LogP contribution in [0.5, 0.6) is 5.75 Å². The third kappa shape index (κ3) is 3.55. The van der Waals surface area contributed by atoms with E-state index in [4.69, 9.17) is 11.5 Å². The molecule has 6 N–H and O–H groups in total. The molecular weight excluding hydrogens is 312 g/mol. The van der Waals surface area contributed by atoms with Crippen LogP contribution in [-0.4, -0.2) is 21.3 Å². The van der Waals surface area contributed by atoms with Crippen molar-refractivity contribution in [2.24, 2.45) is 5.10 Å². The number of benzene rings is 1. The van der Waals surface area contributed by atoms with Crippen LogP contribution in [-0.2, 0) is 0 Å². The number of aromatic nitrogens is 2. The molecule has 2 rings (SSSR count). The first-order valence-corrected chi connectivity index (χ1v) is 6.01. The molecule has 0 aliphatic heterocycles. The van der Waals surface area contributed by atoms with E-state index in [2.05, 4.69) is 36.4 Å². The van der Waals surface area contributed by atoms with E-state index in [-0.39, 0.29) is 23.3 Å². The zero-order chi connectivity index (χ0) is 13.8. The minimum Gasteiger partial charge on any atom is -0.507 e. The summed E-state index contributed by atoms with van der Waals surface area (Å²) < 4.78 is 0.830. The third-order valence-corrected chi connectivity index (χ3v) is 2.62. The van der Waals surface area contributed by atoms with E-state index in [1.807, 2.05) is 0 Å². The second-order valence-corrected chi connectivity index (χ2v) is 4.53. The second kappa shape index (κ2) is 5.53. The van der Waals surface area contributed by atoms with Crippen molar-refractivity contribution in [2.75, 3.05) is 16.9 Å². The number of phenols is 1. The molecule has 0 aliphatic carbocycles. The molecule has 1 aromatic heterocycles. The van der Waals surface area contributed by atoms with Gasteiger partial charge in [0.1, 0.15) is 17.4 Å². The fourth-order valence-electron chi connectivity index (χ4n) is 1.32. The maximum Gasteiger partial charge on any atom is 0.247 e. The quantitative estimate of drug-likeness (QED) is 0.502. The number of aromatic hydroxyl groups is 1. The Hall–Kier alpha value is -2.35. The highest BCUT2D eigenvalue weighted by atomic mass is 79.9. The molecule has 1 heterocycles. The van der Waals surface area contributed by atoms with Crippen LogP contribution in [0, 0.1) is 0 Å². The van der Waals surface area contributed by atoms with Crippen molar-refractivity contribution in [3.05, 3.63) is 34.3 Å². The molecule has 19 heavy (non-hydrogen) atoms. The Morgan fingerprint density at radius 2 is 1.89 bits per heavy atom. The normalized spacial score (nSPS) is 10.8. The summed E-state index contributed by atoms with van der Waals surface area (Å²) in [5.74, 6) is 0.788. The van der Waals surface area contributed by atoms with Crippen molar-refractivity contribution in [2.45, 2.75) is 0 Å². The Balaban J connectivity index is 2.13. The molecule has 0 saturated carbocycles. The molecule has 2 aromatic rings. The number of hydrazone groups is 1. The van der Waals surface area contributed by atoms with Gasteiger partial charge >= 0.3 is 0 Å². The highest BCUT2D eigenvalue weighted by Gasteiger charge is 2.00. The molecular formula is C11H11BrN6O.